The monoisotopic (exact) mass is 300 g/mol. The van der Waals surface area contributed by atoms with Gasteiger partial charge in [0.1, 0.15) is 0 Å². The van der Waals surface area contributed by atoms with Gasteiger partial charge in [0.25, 0.3) is 0 Å². The first kappa shape index (κ1) is 17.3. The Kier molecular flexibility index (Phi) is 5.50. The number of aliphatic hydroxyl groups is 1. The first-order valence-electron chi connectivity index (χ1n) is 8.76. The van der Waals surface area contributed by atoms with E-state index in [0.29, 0.717) is 5.41 Å². The van der Waals surface area contributed by atoms with Crippen LogP contribution in [0.1, 0.15) is 71.8 Å². The van der Waals surface area contributed by atoms with Gasteiger partial charge in [0.05, 0.1) is 5.60 Å². The minimum Gasteiger partial charge on any atom is -0.390 e. The van der Waals surface area contributed by atoms with Crippen molar-refractivity contribution in [3.8, 4) is 0 Å². The number of allylic oxidation sites excluding steroid dienone is 2. The molecule has 1 aromatic rings. The van der Waals surface area contributed by atoms with Crippen molar-refractivity contribution in [3.63, 3.8) is 0 Å². The van der Waals surface area contributed by atoms with Gasteiger partial charge in [0, 0.05) is 0 Å². The maximum atomic E-state index is 10.7. The molecule has 0 saturated carbocycles. The molecule has 1 N–H and O–H groups in total. The van der Waals surface area contributed by atoms with Gasteiger partial charge in [-0.15, -0.1) is 0 Å². The van der Waals surface area contributed by atoms with E-state index in [0.717, 1.165) is 25.7 Å². The van der Waals surface area contributed by atoms with Crippen LogP contribution in [0.3, 0.4) is 0 Å². The lowest BCUT2D eigenvalue weighted by atomic mass is 9.70. The van der Waals surface area contributed by atoms with Crippen molar-refractivity contribution in [1.82, 2.24) is 0 Å². The molecule has 0 aliphatic heterocycles. The Bertz CT molecular complexity index is 508. The van der Waals surface area contributed by atoms with E-state index in [2.05, 4.69) is 45.0 Å². The second-order valence-electron chi connectivity index (χ2n) is 7.98. The van der Waals surface area contributed by atoms with E-state index >= 15 is 0 Å². The van der Waals surface area contributed by atoms with E-state index < -0.39 is 5.60 Å². The van der Waals surface area contributed by atoms with Gasteiger partial charge in [-0.1, -0.05) is 55.3 Å². The third-order valence-electron chi connectivity index (χ3n) is 5.39. The molecule has 0 heterocycles. The summed E-state index contributed by atoms with van der Waals surface area (Å²) in [5, 5.41) is 10.7. The Morgan fingerprint density at radius 3 is 2.36 bits per heavy atom. The minimum absolute atomic E-state index is 0.317. The Balaban J connectivity index is 1.92. The van der Waals surface area contributed by atoms with E-state index in [4.69, 9.17) is 0 Å². The van der Waals surface area contributed by atoms with Crippen molar-refractivity contribution in [2.24, 2.45) is 5.41 Å². The molecule has 1 atom stereocenters. The molecular weight excluding hydrogens is 268 g/mol. The van der Waals surface area contributed by atoms with Crippen molar-refractivity contribution in [2.45, 2.75) is 78.2 Å². The molecule has 1 nitrogen and oxygen atoms in total. The van der Waals surface area contributed by atoms with Crippen molar-refractivity contribution < 1.29 is 5.11 Å². The Labute approximate surface area is 136 Å². The SMILES string of the molecule is CC1=C(CCC(C)(O)CCc2ccccc2)C(C)(C)CCC1. The van der Waals surface area contributed by atoms with Crippen LogP contribution in [-0.2, 0) is 6.42 Å². The van der Waals surface area contributed by atoms with Crippen LogP contribution in [0.25, 0.3) is 0 Å². The second kappa shape index (κ2) is 7.00. The standard InChI is InChI=1S/C21H32O/c1-17-9-8-14-20(2,3)19(17)13-16-21(4,22)15-12-18-10-6-5-7-11-18/h5-7,10-11,22H,8-9,12-16H2,1-4H3. The highest BCUT2D eigenvalue weighted by Crippen LogP contribution is 2.43. The largest absolute Gasteiger partial charge is 0.390 e. The van der Waals surface area contributed by atoms with Crippen LogP contribution in [0.15, 0.2) is 41.5 Å². The fourth-order valence-corrected chi connectivity index (χ4v) is 3.80. The predicted octanol–water partition coefficient (Wildman–Crippen LogP) is 5.68. The average molecular weight is 300 g/mol. The molecule has 22 heavy (non-hydrogen) atoms. The van der Waals surface area contributed by atoms with Crippen LogP contribution < -0.4 is 0 Å². The van der Waals surface area contributed by atoms with Crippen molar-refractivity contribution in [1.29, 1.82) is 0 Å². The van der Waals surface area contributed by atoms with Crippen LogP contribution >= 0.6 is 0 Å². The summed E-state index contributed by atoms with van der Waals surface area (Å²) in [6.45, 7) is 9.02. The van der Waals surface area contributed by atoms with Crippen molar-refractivity contribution in [2.75, 3.05) is 0 Å². The topological polar surface area (TPSA) is 20.2 Å². The normalized spacial score (nSPS) is 20.8. The summed E-state index contributed by atoms with van der Waals surface area (Å²) in [6, 6.07) is 10.5. The molecule has 1 unspecified atom stereocenters. The van der Waals surface area contributed by atoms with Crippen LogP contribution in [0.4, 0.5) is 0 Å². The van der Waals surface area contributed by atoms with E-state index in [1.807, 2.05) is 13.0 Å². The average Bonchev–Trinajstić information content (AvgIpc) is 2.45. The zero-order chi connectivity index (χ0) is 16.2. The predicted molar refractivity (Wildman–Crippen MR) is 95.0 cm³/mol. The first-order chi connectivity index (χ1) is 10.3. The molecule has 1 aliphatic carbocycles. The quantitative estimate of drug-likeness (QED) is 0.670. The van der Waals surface area contributed by atoms with Crippen molar-refractivity contribution in [3.05, 3.63) is 47.0 Å². The van der Waals surface area contributed by atoms with Crippen LogP contribution in [-0.4, -0.2) is 10.7 Å². The van der Waals surface area contributed by atoms with Crippen LogP contribution in [0, 0.1) is 5.41 Å². The number of hydrogen-bond acceptors (Lipinski definition) is 1. The Morgan fingerprint density at radius 2 is 1.73 bits per heavy atom. The fourth-order valence-electron chi connectivity index (χ4n) is 3.80. The van der Waals surface area contributed by atoms with Crippen LogP contribution in [0.2, 0.25) is 0 Å². The molecule has 0 bridgehead atoms. The van der Waals surface area contributed by atoms with E-state index in [9.17, 15) is 5.11 Å². The van der Waals surface area contributed by atoms with Gasteiger partial charge in [-0.3, -0.25) is 0 Å². The highest BCUT2D eigenvalue weighted by molar-refractivity contribution is 5.22. The number of hydrogen-bond donors (Lipinski definition) is 1. The molecule has 1 heteroatoms. The third kappa shape index (κ3) is 4.71. The molecule has 1 aliphatic rings. The van der Waals surface area contributed by atoms with Gasteiger partial charge in [-0.05, 0) is 69.8 Å². The maximum absolute atomic E-state index is 10.7. The lowest BCUT2D eigenvalue weighted by molar-refractivity contribution is 0.0410. The van der Waals surface area contributed by atoms with Gasteiger partial charge in [-0.2, -0.15) is 0 Å². The van der Waals surface area contributed by atoms with E-state index in [-0.39, 0.29) is 0 Å². The van der Waals surface area contributed by atoms with Crippen molar-refractivity contribution >= 4 is 0 Å². The zero-order valence-electron chi connectivity index (χ0n) is 14.8. The Hall–Kier alpha value is -1.08. The molecule has 122 valence electrons. The summed E-state index contributed by atoms with van der Waals surface area (Å²) in [5.74, 6) is 0. The lowest BCUT2D eigenvalue weighted by Gasteiger charge is -2.36. The summed E-state index contributed by atoms with van der Waals surface area (Å²) in [6.07, 6.45) is 7.54. The van der Waals surface area contributed by atoms with Gasteiger partial charge in [-0.25, -0.2) is 0 Å². The molecular formula is C21H32O. The van der Waals surface area contributed by atoms with Crippen LogP contribution in [0.5, 0.6) is 0 Å². The third-order valence-corrected chi connectivity index (χ3v) is 5.39. The van der Waals surface area contributed by atoms with Gasteiger partial charge in [0.15, 0.2) is 0 Å². The molecule has 1 aromatic carbocycles. The summed E-state index contributed by atoms with van der Waals surface area (Å²) in [4.78, 5) is 0. The lowest BCUT2D eigenvalue weighted by Crippen LogP contribution is -2.27. The highest BCUT2D eigenvalue weighted by Gasteiger charge is 2.30. The molecule has 0 fully saturated rings. The maximum Gasteiger partial charge on any atom is 0.0626 e. The van der Waals surface area contributed by atoms with E-state index in [1.165, 1.54) is 24.8 Å². The minimum atomic E-state index is -0.573. The van der Waals surface area contributed by atoms with E-state index in [1.54, 1.807) is 11.1 Å². The number of benzene rings is 1. The molecule has 0 radical (unpaired) electrons. The summed E-state index contributed by atoms with van der Waals surface area (Å²) >= 11 is 0. The zero-order valence-corrected chi connectivity index (χ0v) is 14.8. The molecule has 0 aromatic heterocycles. The Morgan fingerprint density at radius 1 is 1.09 bits per heavy atom. The number of aryl methyl sites for hydroxylation is 1. The summed E-state index contributed by atoms with van der Waals surface area (Å²) in [7, 11) is 0. The second-order valence-corrected chi connectivity index (χ2v) is 7.98. The molecule has 0 saturated heterocycles. The summed E-state index contributed by atoms with van der Waals surface area (Å²) < 4.78 is 0. The van der Waals surface area contributed by atoms with Gasteiger partial charge >= 0.3 is 0 Å². The highest BCUT2D eigenvalue weighted by atomic mass is 16.3. The van der Waals surface area contributed by atoms with Gasteiger partial charge < -0.3 is 5.11 Å². The molecule has 2 rings (SSSR count). The smallest absolute Gasteiger partial charge is 0.0626 e. The first-order valence-corrected chi connectivity index (χ1v) is 8.76. The van der Waals surface area contributed by atoms with Gasteiger partial charge in [0.2, 0.25) is 0 Å². The number of rotatable bonds is 6. The molecule has 0 amide bonds. The summed E-state index contributed by atoms with van der Waals surface area (Å²) in [5.41, 5.74) is 4.22. The molecule has 0 spiro atoms. The fraction of sp³-hybridized carbons (Fsp3) is 0.619.